The summed E-state index contributed by atoms with van der Waals surface area (Å²) in [4.78, 5) is 0. The minimum atomic E-state index is -4.70. The molecule has 72 valence electrons. The first-order valence-corrected chi connectivity index (χ1v) is 3.79. The topological polar surface area (TPSA) is 12.0 Å². The highest BCUT2D eigenvalue weighted by Crippen LogP contribution is 2.42. The first-order valence-electron chi connectivity index (χ1n) is 3.79. The number of hydrogen-bond acceptors (Lipinski definition) is 1. The molecule has 12 heavy (non-hydrogen) atoms. The third kappa shape index (κ3) is 2.09. The van der Waals surface area contributed by atoms with Crippen LogP contribution in [-0.2, 0) is 0 Å². The quantitative estimate of drug-likeness (QED) is 0.663. The Morgan fingerprint density at radius 1 is 1.42 bits per heavy atom. The molecule has 5 heteroatoms. The fourth-order valence-electron chi connectivity index (χ4n) is 1.17. The summed E-state index contributed by atoms with van der Waals surface area (Å²) in [6.45, 7) is 0. The summed E-state index contributed by atoms with van der Waals surface area (Å²) in [5, 5.41) is 2.72. The van der Waals surface area contributed by atoms with E-state index in [1.165, 1.54) is 0 Å². The van der Waals surface area contributed by atoms with Gasteiger partial charge < -0.3 is 5.32 Å². The van der Waals surface area contributed by atoms with Crippen LogP contribution in [0.15, 0.2) is 0 Å². The third-order valence-corrected chi connectivity index (χ3v) is 2.31. The maximum atomic E-state index is 12.5. The Balaban J connectivity index is 2.41. The van der Waals surface area contributed by atoms with Gasteiger partial charge in [-0.2, -0.15) is 13.2 Å². The second-order valence-electron chi connectivity index (χ2n) is 3.24. The normalized spacial score (nSPS) is 23.8. The van der Waals surface area contributed by atoms with E-state index in [2.05, 4.69) is 5.32 Å². The zero-order chi connectivity index (χ0) is 9.41. The van der Waals surface area contributed by atoms with E-state index in [4.69, 9.17) is 0 Å². The van der Waals surface area contributed by atoms with Gasteiger partial charge in [0.2, 0.25) is 0 Å². The lowest BCUT2D eigenvalue weighted by atomic mass is 10.1. The van der Waals surface area contributed by atoms with E-state index in [9.17, 15) is 17.6 Å². The summed E-state index contributed by atoms with van der Waals surface area (Å²) in [7, 11) is 1.57. The Morgan fingerprint density at radius 2 is 1.92 bits per heavy atom. The van der Waals surface area contributed by atoms with Crippen LogP contribution in [0, 0.1) is 0 Å². The van der Waals surface area contributed by atoms with E-state index in [0.29, 0.717) is 12.8 Å². The molecule has 0 aliphatic heterocycles. The van der Waals surface area contributed by atoms with Gasteiger partial charge in [-0.15, -0.1) is 0 Å². The van der Waals surface area contributed by atoms with Crippen molar-refractivity contribution in [2.75, 3.05) is 7.05 Å². The van der Waals surface area contributed by atoms with Crippen LogP contribution in [0.3, 0.4) is 0 Å². The van der Waals surface area contributed by atoms with E-state index in [0.717, 1.165) is 0 Å². The van der Waals surface area contributed by atoms with Gasteiger partial charge in [0, 0.05) is 12.0 Å². The summed E-state index contributed by atoms with van der Waals surface area (Å²) in [5.41, 5.74) is -0.574. The summed E-state index contributed by atoms with van der Waals surface area (Å²) in [6, 6.07) is 0. The molecule has 0 bridgehead atoms. The largest absolute Gasteiger partial charge is 0.419 e. The van der Waals surface area contributed by atoms with E-state index in [-0.39, 0.29) is 0 Å². The zero-order valence-corrected chi connectivity index (χ0v) is 6.71. The second-order valence-corrected chi connectivity index (χ2v) is 3.24. The SMILES string of the molecule is CNC1(CC(F)C(F)(F)F)CC1. The highest BCUT2D eigenvalue weighted by molar-refractivity contribution is 5.03. The van der Waals surface area contributed by atoms with Crippen LogP contribution in [-0.4, -0.2) is 24.9 Å². The Bertz CT molecular complexity index is 161. The molecule has 0 aromatic rings. The summed E-state index contributed by atoms with van der Waals surface area (Å²) >= 11 is 0. The lowest BCUT2D eigenvalue weighted by Crippen LogP contribution is -2.36. The average Bonchev–Trinajstić information content (AvgIpc) is 2.67. The summed E-state index contributed by atoms with van der Waals surface area (Å²) in [6.07, 6.45) is -6.56. The van der Waals surface area contributed by atoms with Crippen LogP contribution in [0.25, 0.3) is 0 Å². The molecule has 1 fully saturated rings. The Labute approximate surface area is 68.1 Å². The molecular formula is C7H11F4N. The first kappa shape index (κ1) is 9.77. The van der Waals surface area contributed by atoms with E-state index >= 15 is 0 Å². The van der Waals surface area contributed by atoms with Crippen LogP contribution in [0.5, 0.6) is 0 Å². The maximum Gasteiger partial charge on any atom is 0.419 e. The molecule has 1 aliphatic rings. The molecule has 0 radical (unpaired) electrons. The molecule has 1 N–H and O–H groups in total. The van der Waals surface area contributed by atoms with Crippen molar-refractivity contribution in [2.24, 2.45) is 0 Å². The molecule has 0 heterocycles. The molecule has 0 saturated heterocycles. The Kier molecular flexibility index (Phi) is 2.33. The van der Waals surface area contributed by atoms with Gasteiger partial charge in [-0.05, 0) is 19.9 Å². The van der Waals surface area contributed by atoms with Crippen molar-refractivity contribution in [2.45, 2.75) is 37.1 Å². The zero-order valence-electron chi connectivity index (χ0n) is 6.71. The summed E-state index contributed by atoms with van der Waals surface area (Å²) < 4.78 is 47.7. The van der Waals surface area contributed by atoms with Gasteiger partial charge in [-0.3, -0.25) is 0 Å². The van der Waals surface area contributed by atoms with Gasteiger partial charge in [0.25, 0.3) is 0 Å². The van der Waals surface area contributed by atoms with Crippen LogP contribution in [0.2, 0.25) is 0 Å². The predicted molar refractivity (Wildman–Crippen MR) is 36.6 cm³/mol. The Hall–Kier alpha value is -0.320. The van der Waals surface area contributed by atoms with Crippen molar-refractivity contribution in [3.8, 4) is 0 Å². The smallest absolute Gasteiger partial charge is 0.314 e. The summed E-state index contributed by atoms with van der Waals surface area (Å²) in [5.74, 6) is 0. The first-order chi connectivity index (χ1) is 5.40. The monoisotopic (exact) mass is 185 g/mol. The van der Waals surface area contributed by atoms with Crippen molar-refractivity contribution in [1.82, 2.24) is 5.32 Å². The lowest BCUT2D eigenvalue weighted by molar-refractivity contribution is -0.184. The van der Waals surface area contributed by atoms with Crippen LogP contribution in [0.1, 0.15) is 19.3 Å². The fourth-order valence-corrected chi connectivity index (χ4v) is 1.17. The third-order valence-electron chi connectivity index (χ3n) is 2.31. The van der Waals surface area contributed by atoms with Crippen molar-refractivity contribution < 1.29 is 17.6 Å². The van der Waals surface area contributed by atoms with Gasteiger partial charge in [0.15, 0.2) is 6.17 Å². The van der Waals surface area contributed by atoms with Crippen molar-refractivity contribution in [3.63, 3.8) is 0 Å². The Morgan fingerprint density at radius 3 is 2.17 bits per heavy atom. The molecule has 1 aliphatic carbocycles. The number of alkyl halides is 4. The van der Waals surface area contributed by atoms with Crippen molar-refractivity contribution >= 4 is 0 Å². The van der Waals surface area contributed by atoms with Gasteiger partial charge in [0.05, 0.1) is 0 Å². The van der Waals surface area contributed by atoms with E-state index in [1.54, 1.807) is 7.05 Å². The molecule has 0 spiro atoms. The predicted octanol–water partition coefficient (Wildman–Crippen LogP) is 2.03. The van der Waals surface area contributed by atoms with Crippen molar-refractivity contribution in [1.29, 1.82) is 0 Å². The van der Waals surface area contributed by atoms with Gasteiger partial charge in [0.1, 0.15) is 0 Å². The standard InChI is InChI=1S/C7H11F4N/c1-12-6(2-3-6)4-5(8)7(9,10)11/h5,12H,2-4H2,1H3. The lowest BCUT2D eigenvalue weighted by Gasteiger charge is -2.18. The van der Waals surface area contributed by atoms with Gasteiger partial charge in [-0.1, -0.05) is 0 Å². The van der Waals surface area contributed by atoms with Crippen molar-refractivity contribution in [3.05, 3.63) is 0 Å². The number of halogens is 4. The molecule has 1 rings (SSSR count). The molecule has 1 unspecified atom stereocenters. The highest BCUT2D eigenvalue weighted by Gasteiger charge is 2.50. The highest BCUT2D eigenvalue weighted by atomic mass is 19.4. The fraction of sp³-hybridized carbons (Fsp3) is 1.00. The molecule has 0 amide bonds. The van der Waals surface area contributed by atoms with Crippen LogP contribution >= 0.6 is 0 Å². The van der Waals surface area contributed by atoms with E-state index in [1.807, 2.05) is 0 Å². The molecule has 1 atom stereocenters. The van der Waals surface area contributed by atoms with E-state index < -0.39 is 24.3 Å². The maximum absolute atomic E-state index is 12.5. The number of rotatable bonds is 3. The number of hydrogen-bond donors (Lipinski definition) is 1. The minimum Gasteiger partial charge on any atom is -0.314 e. The van der Waals surface area contributed by atoms with Crippen LogP contribution in [0.4, 0.5) is 17.6 Å². The number of nitrogens with one attached hydrogen (secondary N) is 1. The van der Waals surface area contributed by atoms with Gasteiger partial charge in [-0.25, -0.2) is 4.39 Å². The molecule has 1 nitrogen and oxygen atoms in total. The van der Waals surface area contributed by atoms with Crippen LogP contribution < -0.4 is 5.32 Å². The minimum absolute atomic E-state index is 0.451. The molecule has 0 aromatic heterocycles. The molecule has 1 saturated carbocycles. The second kappa shape index (κ2) is 2.87. The molecular weight excluding hydrogens is 174 g/mol. The average molecular weight is 185 g/mol. The van der Waals surface area contributed by atoms with Gasteiger partial charge >= 0.3 is 6.18 Å². The molecule has 0 aromatic carbocycles.